The van der Waals surface area contributed by atoms with E-state index in [1.165, 1.54) is 17.0 Å². The highest BCUT2D eigenvalue weighted by atomic mass is 32.1. The SMILES string of the molecule is Cc1c(N=c2scc(-c3cccs3)n2N=C2CCC(C(C)(C)C)CC2)c(=O)n(-c2ccccc2)n1C. The van der Waals surface area contributed by atoms with Crippen LogP contribution in [0.5, 0.6) is 0 Å². The van der Waals surface area contributed by atoms with Gasteiger partial charge in [0.05, 0.1) is 22.0 Å². The first-order chi connectivity index (χ1) is 17.2. The highest BCUT2D eigenvalue weighted by Gasteiger charge is 2.28. The lowest BCUT2D eigenvalue weighted by molar-refractivity contribution is 0.208. The van der Waals surface area contributed by atoms with E-state index in [0.717, 1.165) is 52.4 Å². The monoisotopic (exact) mass is 519 g/mol. The van der Waals surface area contributed by atoms with Crippen molar-refractivity contribution in [3.05, 3.63) is 74.1 Å². The molecule has 1 aromatic carbocycles. The summed E-state index contributed by atoms with van der Waals surface area (Å²) in [4.78, 5) is 20.3. The Morgan fingerprint density at radius 2 is 1.72 bits per heavy atom. The Morgan fingerprint density at radius 1 is 1.00 bits per heavy atom. The molecule has 0 aliphatic heterocycles. The lowest BCUT2D eigenvalue weighted by Crippen LogP contribution is -2.26. The minimum absolute atomic E-state index is 0.128. The molecule has 6 nitrogen and oxygen atoms in total. The van der Waals surface area contributed by atoms with E-state index in [9.17, 15) is 4.79 Å². The second-order valence-corrected chi connectivity index (χ2v) is 12.3. The summed E-state index contributed by atoms with van der Waals surface area (Å²) in [7, 11) is 1.90. The number of thiazole rings is 1. The Kier molecular flexibility index (Phi) is 6.74. The molecule has 36 heavy (non-hydrogen) atoms. The molecule has 0 bridgehead atoms. The molecule has 188 valence electrons. The third kappa shape index (κ3) is 4.72. The number of benzene rings is 1. The third-order valence-corrected chi connectivity index (χ3v) is 8.93. The molecule has 5 rings (SSSR count). The van der Waals surface area contributed by atoms with Crippen LogP contribution in [0.3, 0.4) is 0 Å². The van der Waals surface area contributed by atoms with Crippen molar-refractivity contribution >= 4 is 34.1 Å². The molecule has 0 saturated heterocycles. The number of para-hydroxylation sites is 1. The first-order valence-corrected chi connectivity index (χ1v) is 14.2. The molecule has 0 unspecified atom stereocenters. The number of hydrogen-bond acceptors (Lipinski definition) is 5. The van der Waals surface area contributed by atoms with Crippen LogP contribution in [0.15, 0.2) is 68.1 Å². The standard InChI is InChI=1S/C28H33N5OS2/c1-19-25(26(34)33(31(19)5)22-10-7-6-8-11-22)29-27-32(23(18-36-27)24-12-9-17-35-24)30-21-15-13-20(14-16-21)28(2,3)4/h6-12,17-18,20H,13-16H2,1-5H3. The summed E-state index contributed by atoms with van der Waals surface area (Å²) in [6, 6.07) is 13.9. The van der Waals surface area contributed by atoms with E-state index < -0.39 is 0 Å². The van der Waals surface area contributed by atoms with Crippen molar-refractivity contribution in [2.75, 3.05) is 0 Å². The van der Waals surface area contributed by atoms with Gasteiger partial charge in [0, 0.05) is 18.1 Å². The van der Waals surface area contributed by atoms with E-state index in [1.807, 2.05) is 53.7 Å². The Morgan fingerprint density at radius 3 is 2.36 bits per heavy atom. The second-order valence-electron chi connectivity index (χ2n) is 10.5. The van der Waals surface area contributed by atoms with Gasteiger partial charge in [0.1, 0.15) is 0 Å². The van der Waals surface area contributed by atoms with Crippen LogP contribution in [0.4, 0.5) is 5.69 Å². The average Bonchev–Trinajstić information content (AvgIpc) is 3.57. The van der Waals surface area contributed by atoms with E-state index in [0.29, 0.717) is 17.0 Å². The molecule has 0 radical (unpaired) electrons. The third-order valence-electron chi connectivity index (χ3n) is 7.22. The van der Waals surface area contributed by atoms with E-state index in [1.54, 1.807) is 16.0 Å². The minimum Gasteiger partial charge on any atom is -0.283 e. The predicted molar refractivity (Wildman–Crippen MR) is 151 cm³/mol. The molecule has 3 heterocycles. The summed E-state index contributed by atoms with van der Waals surface area (Å²) in [5.74, 6) is 0.716. The molecule has 3 aromatic heterocycles. The Bertz CT molecular complexity index is 1500. The quantitative estimate of drug-likeness (QED) is 0.294. The smallest absolute Gasteiger partial charge is 0.283 e. The summed E-state index contributed by atoms with van der Waals surface area (Å²) in [6.45, 7) is 8.95. The number of nitrogens with zero attached hydrogens (tertiary/aromatic N) is 5. The van der Waals surface area contributed by atoms with E-state index in [2.05, 4.69) is 43.7 Å². The fourth-order valence-electron chi connectivity index (χ4n) is 4.91. The zero-order valence-electron chi connectivity index (χ0n) is 21.6. The fourth-order valence-corrected chi connectivity index (χ4v) is 6.53. The van der Waals surface area contributed by atoms with Crippen molar-refractivity contribution in [2.24, 2.45) is 28.5 Å². The van der Waals surface area contributed by atoms with Gasteiger partial charge in [-0.3, -0.25) is 9.48 Å². The van der Waals surface area contributed by atoms with Crippen LogP contribution in [0.25, 0.3) is 16.3 Å². The molecule has 1 aliphatic carbocycles. The zero-order chi connectivity index (χ0) is 25.4. The molecule has 0 N–H and O–H groups in total. The van der Waals surface area contributed by atoms with Crippen molar-refractivity contribution in [3.63, 3.8) is 0 Å². The maximum Gasteiger partial charge on any atom is 0.297 e. The van der Waals surface area contributed by atoms with Gasteiger partial charge >= 0.3 is 0 Å². The molecule has 8 heteroatoms. The molecule has 1 aliphatic rings. The maximum atomic E-state index is 13.5. The van der Waals surface area contributed by atoms with Crippen molar-refractivity contribution in [1.29, 1.82) is 0 Å². The summed E-state index contributed by atoms with van der Waals surface area (Å²) < 4.78 is 5.50. The summed E-state index contributed by atoms with van der Waals surface area (Å²) in [5, 5.41) is 9.31. The Balaban J connectivity index is 1.61. The lowest BCUT2D eigenvalue weighted by atomic mass is 9.72. The van der Waals surface area contributed by atoms with Gasteiger partial charge in [-0.05, 0) is 67.5 Å². The number of hydrogen-bond donors (Lipinski definition) is 0. The molecule has 0 atom stereocenters. The molecule has 4 aromatic rings. The summed E-state index contributed by atoms with van der Waals surface area (Å²) in [5.41, 5.74) is 4.52. The highest BCUT2D eigenvalue weighted by Crippen LogP contribution is 2.37. The molecule has 0 spiro atoms. The first kappa shape index (κ1) is 24.7. The summed E-state index contributed by atoms with van der Waals surface area (Å²) >= 11 is 3.22. The van der Waals surface area contributed by atoms with Gasteiger partial charge in [-0.1, -0.05) is 45.0 Å². The minimum atomic E-state index is -0.128. The molecule has 1 fully saturated rings. The van der Waals surface area contributed by atoms with Crippen LogP contribution >= 0.6 is 22.7 Å². The van der Waals surface area contributed by atoms with Gasteiger partial charge in [0.25, 0.3) is 5.56 Å². The first-order valence-electron chi connectivity index (χ1n) is 12.4. The number of aromatic nitrogens is 3. The largest absolute Gasteiger partial charge is 0.297 e. The predicted octanol–water partition coefficient (Wildman–Crippen LogP) is 6.75. The van der Waals surface area contributed by atoms with Crippen molar-refractivity contribution < 1.29 is 0 Å². The van der Waals surface area contributed by atoms with Gasteiger partial charge in [-0.2, -0.15) is 5.10 Å². The Labute approximate surface area is 219 Å². The number of rotatable bonds is 4. The van der Waals surface area contributed by atoms with Crippen LogP contribution in [-0.4, -0.2) is 19.8 Å². The fraction of sp³-hybridized carbons (Fsp3) is 0.393. The lowest BCUT2D eigenvalue weighted by Gasteiger charge is -2.34. The highest BCUT2D eigenvalue weighted by molar-refractivity contribution is 7.14. The maximum absolute atomic E-state index is 13.5. The molecular formula is C28H33N5OS2. The summed E-state index contributed by atoms with van der Waals surface area (Å²) in [6.07, 6.45) is 4.32. The van der Waals surface area contributed by atoms with Gasteiger partial charge in [-0.25, -0.2) is 14.4 Å². The Hall–Kier alpha value is -2.97. The van der Waals surface area contributed by atoms with E-state index in [-0.39, 0.29) is 5.56 Å². The molecular weight excluding hydrogens is 486 g/mol. The van der Waals surface area contributed by atoms with Crippen LogP contribution in [-0.2, 0) is 7.05 Å². The van der Waals surface area contributed by atoms with Crippen molar-refractivity contribution in [1.82, 2.24) is 14.0 Å². The molecule has 1 saturated carbocycles. The van der Waals surface area contributed by atoms with Crippen LogP contribution in [0.2, 0.25) is 0 Å². The van der Waals surface area contributed by atoms with Crippen molar-refractivity contribution in [2.45, 2.75) is 53.4 Å². The van der Waals surface area contributed by atoms with Gasteiger partial charge in [-0.15, -0.1) is 22.7 Å². The van der Waals surface area contributed by atoms with Gasteiger partial charge in [0.15, 0.2) is 5.69 Å². The average molecular weight is 520 g/mol. The topological polar surface area (TPSA) is 56.6 Å². The number of thiophene rings is 1. The van der Waals surface area contributed by atoms with Gasteiger partial charge < -0.3 is 0 Å². The van der Waals surface area contributed by atoms with E-state index >= 15 is 0 Å². The second kappa shape index (κ2) is 9.82. The van der Waals surface area contributed by atoms with Crippen LogP contribution in [0.1, 0.15) is 52.1 Å². The zero-order valence-corrected chi connectivity index (χ0v) is 23.2. The van der Waals surface area contributed by atoms with Crippen LogP contribution < -0.4 is 10.4 Å². The molecule has 0 amide bonds. The normalized spacial score (nSPS) is 17.1. The van der Waals surface area contributed by atoms with Crippen LogP contribution in [0, 0.1) is 18.3 Å². The van der Waals surface area contributed by atoms with Gasteiger partial charge in [0.2, 0.25) is 4.80 Å². The van der Waals surface area contributed by atoms with E-state index in [4.69, 9.17) is 10.1 Å². The van der Waals surface area contributed by atoms with Crippen molar-refractivity contribution in [3.8, 4) is 16.3 Å².